The van der Waals surface area contributed by atoms with Gasteiger partial charge < -0.3 is 13.9 Å². The van der Waals surface area contributed by atoms with Crippen molar-refractivity contribution in [3.63, 3.8) is 0 Å². The molecule has 7 nitrogen and oxygen atoms in total. The number of esters is 2. The predicted molar refractivity (Wildman–Crippen MR) is 216 cm³/mol. The molecule has 1 aromatic heterocycles. The number of ether oxygens (including phenoxy) is 2. The van der Waals surface area contributed by atoms with Gasteiger partial charge in [0.2, 0.25) is 11.8 Å². The van der Waals surface area contributed by atoms with Crippen molar-refractivity contribution in [1.29, 1.82) is 0 Å². The summed E-state index contributed by atoms with van der Waals surface area (Å²) in [5.41, 5.74) is 1.54. The first-order valence-corrected chi connectivity index (χ1v) is 20.2. The quantitative estimate of drug-likeness (QED) is 0.206. The fourth-order valence-electron chi connectivity index (χ4n) is 12.6. The summed E-state index contributed by atoms with van der Waals surface area (Å²) >= 11 is 0. The number of benzene rings is 1. The Hall–Kier alpha value is -2.96. The molecule has 298 valence electrons. The Balaban J connectivity index is 0.00000103. The Kier molecular flexibility index (Phi) is 15.2. The number of nitrogens with zero attached hydrogens (tertiary/aromatic N) is 2. The van der Waals surface area contributed by atoms with Gasteiger partial charge in [0.15, 0.2) is 0 Å². The van der Waals surface area contributed by atoms with Crippen LogP contribution in [0.2, 0.25) is 0 Å². The van der Waals surface area contributed by atoms with E-state index in [0.29, 0.717) is 35.5 Å². The van der Waals surface area contributed by atoms with E-state index in [-0.39, 0.29) is 62.0 Å². The van der Waals surface area contributed by atoms with Crippen LogP contribution >= 0.6 is 0 Å². The van der Waals surface area contributed by atoms with Gasteiger partial charge in [-0.15, -0.1) is 16.8 Å². The zero-order chi connectivity index (χ0) is 37.0. The van der Waals surface area contributed by atoms with E-state index in [1.807, 2.05) is 39.0 Å². The maximum absolute atomic E-state index is 12.8. The third kappa shape index (κ3) is 8.06. The number of hydrogen-bond donors (Lipinski definition) is 0. The first-order valence-electron chi connectivity index (χ1n) is 20.2. The lowest BCUT2D eigenvalue weighted by Gasteiger charge is -2.69. The lowest BCUT2D eigenvalue weighted by atomic mass is 9.36. The zero-order valence-corrected chi connectivity index (χ0v) is 33.0. The van der Waals surface area contributed by atoms with Gasteiger partial charge >= 0.3 is 11.9 Å². The molecule has 5 saturated carbocycles. The van der Waals surface area contributed by atoms with E-state index >= 15 is 0 Å². The Morgan fingerprint density at radius 3 is 2.17 bits per heavy atom. The highest BCUT2D eigenvalue weighted by atomic mass is 16.5. The van der Waals surface area contributed by atoms with E-state index in [2.05, 4.69) is 51.5 Å². The normalized spacial score (nSPS) is 34.5. The summed E-state index contributed by atoms with van der Waals surface area (Å²) in [7, 11) is 1.39. The van der Waals surface area contributed by atoms with Crippen LogP contribution in [0.25, 0.3) is 11.5 Å². The summed E-state index contributed by atoms with van der Waals surface area (Å²) in [5, 5.41) is 9.30. The van der Waals surface area contributed by atoms with Crippen LogP contribution < -0.4 is 0 Å². The number of carbonyl (C=O) groups is 2. The molecule has 5 fully saturated rings. The van der Waals surface area contributed by atoms with Crippen molar-refractivity contribution in [3.05, 3.63) is 48.9 Å². The molecule has 0 bridgehead atoms. The molecular formula is C46H74N2O5. The zero-order valence-electron chi connectivity index (χ0n) is 33.0. The molecule has 9 atom stereocenters. The van der Waals surface area contributed by atoms with Crippen LogP contribution in [0.15, 0.2) is 47.4 Å². The van der Waals surface area contributed by atoms with Gasteiger partial charge in [0.05, 0.1) is 12.5 Å². The minimum absolute atomic E-state index is 0. The molecule has 0 aliphatic heterocycles. The fraction of sp³-hybridized carbons (Fsp3) is 0.739. The summed E-state index contributed by atoms with van der Waals surface area (Å²) in [4.78, 5) is 24.4. The molecular weight excluding hydrogens is 661 g/mol. The molecule has 9 unspecified atom stereocenters. The van der Waals surface area contributed by atoms with Gasteiger partial charge in [0.1, 0.15) is 6.10 Å². The number of hydrogen-bond acceptors (Lipinski definition) is 7. The average molecular weight is 735 g/mol. The molecule has 0 N–H and O–H groups in total. The average Bonchev–Trinajstić information content (AvgIpc) is 3.80. The fourth-order valence-corrected chi connectivity index (χ4v) is 12.6. The molecule has 5 aliphatic carbocycles. The summed E-state index contributed by atoms with van der Waals surface area (Å²) in [6.07, 6.45) is 15.9. The van der Waals surface area contributed by atoms with E-state index in [1.54, 1.807) is 6.08 Å². The predicted octanol–water partition coefficient (Wildman–Crippen LogP) is 12.2. The first-order chi connectivity index (χ1) is 24.4. The molecule has 0 radical (unpaired) electrons. The van der Waals surface area contributed by atoms with Gasteiger partial charge in [0, 0.05) is 23.8 Å². The first kappa shape index (κ1) is 44.4. The smallest absolute Gasteiger partial charge is 0.306 e. The van der Waals surface area contributed by atoms with E-state index in [1.165, 1.54) is 58.5 Å². The lowest BCUT2D eigenvalue weighted by Crippen LogP contribution is -2.63. The summed E-state index contributed by atoms with van der Waals surface area (Å²) in [6.45, 7) is 19.2. The minimum Gasteiger partial charge on any atom is -0.469 e. The van der Waals surface area contributed by atoms with Gasteiger partial charge in [-0.25, -0.2) is 0 Å². The van der Waals surface area contributed by atoms with Gasteiger partial charge in [-0.2, -0.15) is 0 Å². The van der Waals surface area contributed by atoms with Crippen molar-refractivity contribution in [2.75, 3.05) is 7.11 Å². The Morgan fingerprint density at radius 1 is 0.830 bits per heavy atom. The molecule has 7 heteroatoms. The van der Waals surface area contributed by atoms with Crippen molar-refractivity contribution in [3.8, 4) is 11.5 Å². The topological polar surface area (TPSA) is 91.5 Å². The van der Waals surface area contributed by atoms with Crippen LogP contribution in [0.1, 0.15) is 159 Å². The monoisotopic (exact) mass is 735 g/mol. The molecule has 0 saturated heterocycles. The van der Waals surface area contributed by atoms with Crippen molar-refractivity contribution < 1.29 is 23.5 Å². The van der Waals surface area contributed by atoms with E-state index in [0.717, 1.165) is 42.6 Å². The minimum atomic E-state index is -0.273. The van der Waals surface area contributed by atoms with Crippen molar-refractivity contribution >= 4 is 11.9 Å². The SMILES string of the molecule is C.C.C=CC.CC.COC(=O)CCCC(=O)OC1CCC2(C)C(CCC3(C)C4CCC5(c6nnc(-c7ccccc7)o6)CCCC5C4CCC32)C1(C)C. The van der Waals surface area contributed by atoms with E-state index < -0.39 is 0 Å². The van der Waals surface area contributed by atoms with Crippen LogP contribution in [0.4, 0.5) is 0 Å². The lowest BCUT2D eigenvalue weighted by molar-refractivity contribution is -0.219. The highest BCUT2D eigenvalue weighted by Crippen LogP contribution is 2.73. The largest absolute Gasteiger partial charge is 0.469 e. The molecule has 7 rings (SSSR count). The number of carbonyl (C=O) groups excluding carboxylic acids is 2. The molecule has 2 aromatic rings. The van der Waals surface area contributed by atoms with Crippen LogP contribution in [-0.4, -0.2) is 35.3 Å². The third-order valence-electron chi connectivity index (χ3n) is 14.6. The molecule has 5 aliphatic rings. The second-order valence-corrected chi connectivity index (χ2v) is 17.2. The maximum atomic E-state index is 12.8. The number of fused-ring (bicyclic) bond motifs is 7. The summed E-state index contributed by atoms with van der Waals surface area (Å²) in [5.74, 6) is 4.42. The van der Waals surface area contributed by atoms with Crippen molar-refractivity contribution in [1.82, 2.24) is 10.2 Å². The third-order valence-corrected chi connectivity index (χ3v) is 14.6. The number of methoxy groups -OCH3 is 1. The van der Waals surface area contributed by atoms with Crippen LogP contribution in [0.5, 0.6) is 0 Å². The van der Waals surface area contributed by atoms with Gasteiger partial charge in [-0.1, -0.05) is 87.1 Å². The highest BCUT2D eigenvalue weighted by molar-refractivity contribution is 5.72. The van der Waals surface area contributed by atoms with Crippen molar-refractivity contribution in [2.45, 2.75) is 165 Å². The Morgan fingerprint density at radius 2 is 1.49 bits per heavy atom. The molecule has 0 amide bonds. The number of allylic oxidation sites excluding steroid dienone is 1. The second kappa shape index (κ2) is 18.1. The standard InChI is InChI=1S/C39H54N2O5.C3H6.C2H6.2CH4/c1-36(2)29-19-22-37(3)27-18-24-39(35-41-40-34(46-35)25-11-7-6-8-12-25)21-10-13-28(39)26(27)16-17-30(37)38(29,4)23-20-31(36)45-33(43)15-9-14-32(42)44-5;1-3-2;1-2;;/h6-8,11-12,26-31H,9-10,13-24H2,1-5H3;3H,1H2,2H3;1-2H3;2*1H4. The van der Waals surface area contributed by atoms with E-state index in [9.17, 15) is 9.59 Å². The molecule has 53 heavy (non-hydrogen) atoms. The van der Waals surface area contributed by atoms with Crippen LogP contribution in [0.3, 0.4) is 0 Å². The molecule has 1 aromatic carbocycles. The molecule has 0 spiro atoms. The molecule has 1 heterocycles. The van der Waals surface area contributed by atoms with Gasteiger partial charge in [0.25, 0.3) is 0 Å². The second-order valence-electron chi connectivity index (χ2n) is 17.2. The van der Waals surface area contributed by atoms with Crippen molar-refractivity contribution in [2.24, 2.45) is 45.8 Å². The van der Waals surface area contributed by atoms with Gasteiger partial charge in [-0.3, -0.25) is 9.59 Å². The number of rotatable bonds is 7. The highest BCUT2D eigenvalue weighted by Gasteiger charge is 2.67. The van der Waals surface area contributed by atoms with E-state index in [4.69, 9.17) is 19.0 Å². The summed E-state index contributed by atoms with van der Waals surface area (Å²) in [6, 6.07) is 10.2. The summed E-state index contributed by atoms with van der Waals surface area (Å²) < 4.78 is 17.4. The van der Waals surface area contributed by atoms with Crippen LogP contribution in [-0.2, 0) is 24.5 Å². The number of aromatic nitrogens is 2. The Labute approximate surface area is 322 Å². The van der Waals surface area contributed by atoms with Crippen LogP contribution in [0, 0.1) is 45.8 Å². The van der Waals surface area contributed by atoms with Gasteiger partial charge in [-0.05, 0) is 130 Å². The Bertz CT molecular complexity index is 1490. The maximum Gasteiger partial charge on any atom is 0.306 e.